The van der Waals surface area contributed by atoms with E-state index in [0.29, 0.717) is 58.4 Å². The molecule has 0 fully saturated rings. The van der Waals surface area contributed by atoms with E-state index >= 15 is 0 Å². The van der Waals surface area contributed by atoms with Gasteiger partial charge in [-0.1, -0.05) is 63.8 Å². The Labute approximate surface area is 224 Å². The smallest absolute Gasteiger partial charge is 0.141 e. The van der Waals surface area contributed by atoms with Crippen LogP contribution in [-0.4, -0.2) is 19.9 Å². The van der Waals surface area contributed by atoms with Gasteiger partial charge in [-0.3, -0.25) is 0 Å². The van der Waals surface area contributed by atoms with Crippen LogP contribution in [0.1, 0.15) is 75.1 Å². The minimum Gasteiger partial charge on any atom is -0.249 e. The summed E-state index contributed by atoms with van der Waals surface area (Å²) in [6, 6.07) is 28.2. The molecule has 188 valence electrons. The zero-order chi connectivity index (χ0) is 26.6. The maximum absolute atomic E-state index is 10.7. The van der Waals surface area contributed by atoms with E-state index in [-0.39, 0.29) is 0 Å². The summed E-state index contributed by atoms with van der Waals surface area (Å²) in [6.45, 7) is 4.24. The van der Waals surface area contributed by atoms with Gasteiger partial charge in [-0.2, -0.15) is 10.5 Å². The van der Waals surface area contributed by atoms with Gasteiger partial charge in [-0.05, 0) is 61.4 Å². The number of fused-ring (bicyclic) bond motifs is 10. The normalized spacial score (nSPS) is 19.6. The fourth-order valence-corrected chi connectivity index (χ4v) is 5.26. The second-order valence-electron chi connectivity index (χ2n) is 9.87. The monoisotopic (exact) mass is 498 g/mol. The summed E-state index contributed by atoms with van der Waals surface area (Å²) in [5, 5.41) is 21.3. The number of nitrogens with zero attached hydrogens (tertiary/aromatic N) is 6. The van der Waals surface area contributed by atoms with Crippen LogP contribution in [-0.2, 0) is 10.8 Å². The van der Waals surface area contributed by atoms with E-state index < -0.39 is 10.8 Å². The molecule has 5 heterocycles. The van der Waals surface area contributed by atoms with Gasteiger partial charge in [-0.25, -0.2) is 19.9 Å². The van der Waals surface area contributed by atoms with Crippen molar-refractivity contribution >= 4 is 0 Å². The van der Waals surface area contributed by atoms with Crippen LogP contribution in [0.15, 0.2) is 72.8 Å². The van der Waals surface area contributed by atoms with Crippen molar-refractivity contribution in [1.29, 1.82) is 10.5 Å². The zero-order valence-corrected chi connectivity index (χ0v) is 21.9. The average molecular weight is 499 g/mol. The predicted molar refractivity (Wildman–Crippen MR) is 147 cm³/mol. The summed E-state index contributed by atoms with van der Waals surface area (Å²) in [5.74, 6) is 0. The molecular weight excluding hydrogens is 468 g/mol. The van der Waals surface area contributed by atoms with E-state index in [9.17, 15) is 10.5 Å². The lowest BCUT2D eigenvalue weighted by Crippen LogP contribution is -2.30. The lowest BCUT2D eigenvalue weighted by Gasteiger charge is -2.28. The Hall–Kier alpha value is -4.42. The second-order valence-corrected chi connectivity index (χ2v) is 9.87. The maximum Gasteiger partial charge on any atom is 0.141 e. The van der Waals surface area contributed by atoms with Crippen molar-refractivity contribution in [2.75, 3.05) is 0 Å². The summed E-state index contributed by atoms with van der Waals surface area (Å²) in [6.07, 6.45) is 4.81. The van der Waals surface area contributed by atoms with Crippen molar-refractivity contribution in [3.63, 3.8) is 0 Å². The highest BCUT2D eigenvalue weighted by atomic mass is 14.9. The molecule has 4 aromatic rings. The van der Waals surface area contributed by atoms with Crippen molar-refractivity contribution in [3.05, 3.63) is 95.6 Å². The topological polar surface area (TPSA) is 99.1 Å². The van der Waals surface area contributed by atoms with Crippen molar-refractivity contribution in [3.8, 4) is 34.9 Å². The molecule has 0 radical (unpaired) electrons. The Balaban J connectivity index is 1.87. The van der Waals surface area contributed by atoms with Gasteiger partial charge in [0.2, 0.25) is 0 Å². The van der Waals surface area contributed by atoms with Crippen LogP contribution in [0.5, 0.6) is 0 Å². The summed E-state index contributed by atoms with van der Waals surface area (Å²) < 4.78 is 0. The van der Waals surface area contributed by atoms with Crippen LogP contribution in [0.3, 0.4) is 0 Å². The van der Waals surface area contributed by atoms with Gasteiger partial charge in [0.05, 0.1) is 57.7 Å². The number of unbranched alkanes of at least 4 members (excludes halogenated alkanes) is 2. The highest BCUT2D eigenvalue weighted by Crippen LogP contribution is 2.39. The van der Waals surface area contributed by atoms with Crippen LogP contribution in [0.2, 0.25) is 0 Å². The molecule has 0 spiro atoms. The van der Waals surface area contributed by atoms with Gasteiger partial charge in [0, 0.05) is 0 Å². The summed E-state index contributed by atoms with van der Waals surface area (Å²) in [4.78, 5) is 20.0. The third-order valence-electron chi connectivity index (χ3n) is 7.46. The SMILES string of the molecule is CCCCC1(C#N)c2cccc(n2)-c2cccc(n2)C(C#N)(CCCC)c2cccc(n2)-c2cccc1n2. The molecule has 0 aromatic carbocycles. The minimum atomic E-state index is -1.01. The van der Waals surface area contributed by atoms with Gasteiger partial charge in [-0.15, -0.1) is 0 Å². The molecule has 0 saturated carbocycles. The van der Waals surface area contributed by atoms with Gasteiger partial charge < -0.3 is 0 Å². The summed E-state index contributed by atoms with van der Waals surface area (Å²) in [5.41, 5.74) is 3.24. The number of nitriles is 2. The Bertz CT molecular complexity index is 1340. The Kier molecular flexibility index (Phi) is 6.99. The van der Waals surface area contributed by atoms with E-state index in [0.717, 1.165) is 25.7 Å². The molecule has 38 heavy (non-hydrogen) atoms. The van der Waals surface area contributed by atoms with Crippen LogP contribution in [0, 0.1) is 22.7 Å². The zero-order valence-electron chi connectivity index (χ0n) is 21.9. The molecular formula is C32H30N6. The molecule has 0 atom stereocenters. The third kappa shape index (κ3) is 4.23. The molecule has 6 nitrogen and oxygen atoms in total. The Morgan fingerprint density at radius 3 is 1.05 bits per heavy atom. The number of aromatic nitrogens is 4. The van der Waals surface area contributed by atoms with Crippen LogP contribution >= 0.6 is 0 Å². The van der Waals surface area contributed by atoms with Crippen LogP contribution in [0.4, 0.5) is 0 Å². The van der Waals surface area contributed by atoms with Crippen molar-refractivity contribution in [2.45, 2.75) is 63.2 Å². The molecule has 0 amide bonds. The van der Waals surface area contributed by atoms with Crippen molar-refractivity contribution in [1.82, 2.24) is 19.9 Å². The number of hydrogen-bond donors (Lipinski definition) is 0. The third-order valence-corrected chi connectivity index (χ3v) is 7.46. The molecule has 0 aliphatic carbocycles. The Morgan fingerprint density at radius 2 is 0.816 bits per heavy atom. The highest BCUT2D eigenvalue weighted by Gasteiger charge is 2.40. The lowest BCUT2D eigenvalue weighted by molar-refractivity contribution is 0.526. The molecule has 0 N–H and O–H groups in total. The van der Waals surface area contributed by atoms with E-state index in [1.807, 2.05) is 72.8 Å². The quantitative estimate of drug-likeness (QED) is 0.286. The number of hydrogen-bond acceptors (Lipinski definition) is 6. The molecule has 6 heteroatoms. The van der Waals surface area contributed by atoms with Crippen LogP contribution < -0.4 is 0 Å². The molecule has 1 aliphatic rings. The maximum atomic E-state index is 10.7. The van der Waals surface area contributed by atoms with Crippen molar-refractivity contribution < 1.29 is 0 Å². The molecule has 5 rings (SSSR count). The molecule has 8 bridgehead atoms. The minimum absolute atomic E-state index is 0.600. The largest absolute Gasteiger partial charge is 0.249 e. The fraction of sp³-hybridized carbons (Fsp3) is 0.312. The summed E-state index contributed by atoms with van der Waals surface area (Å²) >= 11 is 0. The Morgan fingerprint density at radius 1 is 0.526 bits per heavy atom. The van der Waals surface area contributed by atoms with Crippen molar-refractivity contribution in [2.24, 2.45) is 0 Å². The summed E-state index contributed by atoms with van der Waals surface area (Å²) in [7, 11) is 0. The van der Waals surface area contributed by atoms with E-state index in [2.05, 4.69) is 26.0 Å². The molecule has 4 aromatic heterocycles. The average Bonchev–Trinajstić information content (AvgIpc) is 2.99. The fourth-order valence-electron chi connectivity index (χ4n) is 5.26. The highest BCUT2D eigenvalue weighted by molar-refractivity contribution is 5.60. The molecule has 0 unspecified atom stereocenters. The van der Waals surface area contributed by atoms with Gasteiger partial charge in [0.1, 0.15) is 10.8 Å². The lowest BCUT2D eigenvalue weighted by atomic mass is 9.76. The van der Waals surface area contributed by atoms with Gasteiger partial charge in [0.25, 0.3) is 0 Å². The van der Waals surface area contributed by atoms with Crippen LogP contribution in [0.25, 0.3) is 22.8 Å². The predicted octanol–water partition coefficient (Wildman–Crippen LogP) is 6.91. The molecule has 0 saturated heterocycles. The first-order valence-electron chi connectivity index (χ1n) is 13.3. The molecule has 1 aliphatic heterocycles. The number of pyridine rings is 4. The van der Waals surface area contributed by atoms with E-state index in [1.54, 1.807) is 0 Å². The van der Waals surface area contributed by atoms with Gasteiger partial charge >= 0.3 is 0 Å². The first-order chi connectivity index (χ1) is 18.6. The van der Waals surface area contributed by atoms with E-state index in [1.165, 1.54) is 0 Å². The second kappa shape index (κ2) is 10.5. The first kappa shape index (κ1) is 25.2. The standard InChI is InChI=1S/C32H30N6/c1-3-5-19-31(21-33)27-15-7-11-23(35-27)25-13-9-17-29(37-25)32(22-34,20-6-4-2)30-18-10-14-26(38-30)24-12-8-16-28(31)36-24/h7-18H,3-6,19-20H2,1-2H3. The first-order valence-corrected chi connectivity index (χ1v) is 13.3. The van der Waals surface area contributed by atoms with E-state index in [4.69, 9.17) is 19.9 Å². The number of rotatable bonds is 6. The van der Waals surface area contributed by atoms with Gasteiger partial charge in [0.15, 0.2) is 0 Å².